The Hall–Kier alpha value is -2.58. The maximum Gasteiger partial charge on any atom is 0.244 e. The monoisotopic (exact) mass is 507 g/mol. The Bertz CT molecular complexity index is 1130. The van der Waals surface area contributed by atoms with Crippen molar-refractivity contribution in [2.45, 2.75) is 59.2 Å². The van der Waals surface area contributed by atoms with E-state index in [0.29, 0.717) is 17.1 Å². The van der Waals surface area contributed by atoms with Crippen LogP contribution in [0.2, 0.25) is 5.02 Å². The molecule has 0 radical (unpaired) electrons. The number of rotatable bonds is 9. The van der Waals surface area contributed by atoms with Crippen molar-refractivity contribution >= 4 is 39.1 Å². The molecule has 0 saturated heterocycles. The smallest absolute Gasteiger partial charge is 0.244 e. The van der Waals surface area contributed by atoms with Gasteiger partial charge < -0.3 is 10.2 Å². The molecule has 0 heterocycles. The van der Waals surface area contributed by atoms with Gasteiger partial charge in [-0.2, -0.15) is 0 Å². The van der Waals surface area contributed by atoms with Crippen molar-refractivity contribution in [1.82, 2.24) is 10.2 Å². The van der Waals surface area contributed by atoms with Crippen LogP contribution in [-0.2, 0) is 32.6 Å². The number of halogens is 1. The molecule has 0 fully saturated rings. The van der Waals surface area contributed by atoms with Crippen molar-refractivity contribution < 1.29 is 18.0 Å². The Kier molecular flexibility index (Phi) is 9.14. The third kappa shape index (κ3) is 7.74. The molecule has 9 heteroatoms. The van der Waals surface area contributed by atoms with Gasteiger partial charge in [-0.15, -0.1) is 0 Å². The van der Waals surface area contributed by atoms with E-state index in [1.807, 2.05) is 39.8 Å². The van der Waals surface area contributed by atoms with Crippen LogP contribution in [0.4, 0.5) is 5.69 Å². The van der Waals surface area contributed by atoms with Crippen LogP contribution in [0.3, 0.4) is 0 Å². The second-order valence-corrected chi connectivity index (χ2v) is 11.7. The molecule has 2 rings (SSSR count). The normalized spacial score (nSPS) is 12.7. The van der Waals surface area contributed by atoms with Gasteiger partial charge in [0.05, 0.1) is 11.9 Å². The fraction of sp³-hybridized carbons (Fsp3) is 0.440. The molecule has 2 aromatic carbocycles. The molecule has 34 heavy (non-hydrogen) atoms. The molecule has 0 aliphatic heterocycles. The lowest BCUT2D eigenvalue weighted by atomic mass is 10.1. The topological polar surface area (TPSA) is 86.8 Å². The molecule has 0 aromatic heterocycles. The summed E-state index contributed by atoms with van der Waals surface area (Å²) in [5, 5.41) is 3.40. The van der Waals surface area contributed by atoms with Crippen molar-refractivity contribution in [3.63, 3.8) is 0 Å². The first-order valence-electron chi connectivity index (χ1n) is 11.1. The molecule has 0 aliphatic rings. The van der Waals surface area contributed by atoms with Crippen LogP contribution in [-0.4, -0.2) is 49.5 Å². The molecule has 1 N–H and O–H groups in total. The summed E-state index contributed by atoms with van der Waals surface area (Å²) in [6.07, 6.45) is 1.68. The standard InChI is InChI=1S/C25H34ClN3O4S/c1-7-20-12-8-9-14-22(20)29(34(6,32)33)17-23(30)28(16-19-11-10-13-21(26)15-19)18(2)24(31)27-25(3,4)5/h8-15,18H,7,16-17H2,1-6H3,(H,27,31)/t18-/m1/s1. The molecule has 0 bridgehead atoms. The molecule has 0 spiro atoms. The second kappa shape index (κ2) is 11.2. The van der Waals surface area contributed by atoms with Gasteiger partial charge in [0, 0.05) is 17.1 Å². The SMILES string of the molecule is CCc1ccccc1N(CC(=O)N(Cc1cccc(Cl)c1)[C@H](C)C(=O)NC(C)(C)C)S(C)(=O)=O. The lowest BCUT2D eigenvalue weighted by molar-refractivity contribution is -0.140. The fourth-order valence-electron chi connectivity index (χ4n) is 3.54. The van der Waals surface area contributed by atoms with Crippen LogP contribution in [0, 0.1) is 0 Å². The average molecular weight is 508 g/mol. The van der Waals surface area contributed by atoms with E-state index in [-0.39, 0.29) is 12.5 Å². The van der Waals surface area contributed by atoms with Gasteiger partial charge in [-0.25, -0.2) is 8.42 Å². The molecule has 0 unspecified atom stereocenters. The molecule has 1 atom stereocenters. The quantitative estimate of drug-likeness (QED) is 0.555. The molecular formula is C25H34ClN3O4S. The number of anilines is 1. The summed E-state index contributed by atoms with van der Waals surface area (Å²) in [5.41, 5.74) is 1.50. The number of para-hydroxylation sites is 1. The van der Waals surface area contributed by atoms with Gasteiger partial charge in [0.1, 0.15) is 12.6 Å². The minimum absolute atomic E-state index is 0.102. The van der Waals surface area contributed by atoms with Crippen LogP contribution in [0.5, 0.6) is 0 Å². The average Bonchev–Trinajstić information content (AvgIpc) is 2.73. The van der Waals surface area contributed by atoms with Gasteiger partial charge in [-0.3, -0.25) is 13.9 Å². The van der Waals surface area contributed by atoms with Crippen molar-refractivity contribution in [3.05, 3.63) is 64.7 Å². The van der Waals surface area contributed by atoms with Crippen molar-refractivity contribution in [2.24, 2.45) is 0 Å². The predicted octanol–water partition coefficient (Wildman–Crippen LogP) is 4.00. The minimum atomic E-state index is -3.77. The highest BCUT2D eigenvalue weighted by Gasteiger charge is 2.31. The van der Waals surface area contributed by atoms with Gasteiger partial charge in [0.25, 0.3) is 0 Å². The number of nitrogens with zero attached hydrogens (tertiary/aromatic N) is 2. The van der Waals surface area contributed by atoms with Gasteiger partial charge in [0.2, 0.25) is 21.8 Å². The summed E-state index contributed by atoms with van der Waals surface area (Å²) in [6.45, 7) is 8.80. The largest absolute Gasteiger partial charge is 0.350 e. The number of nitrogens with one attached hydrogen (secondary N) is 1. The lowest BCUT2D eigenvalue weighted by Gasteiger charge is -2.33. The van der Waals surface area contributed by atoms with Crippen LogP contribution < -0.4 is 9.62 Å². The maximum atomic E-state index is 13.6. The zero-order chi connectivity index (χ0) is 25.7. The molecule has 0 saturated carbocycles. The van der Waals surface area contributed by atoms with Gasteiger partial charge in [-0.1, -0.05) is 48.9 Å². The number of aryl methyl sites for hydroxylation is 1. The summed E-state index contributed by atoms with van der Waals surface area (Å²) in [7, 11) is -3.77. The number of hydrogen-bond acceptors (Lipinski definition) is 4. The van der Waals surface area contributed by atoms with Crippen LogP contribution in [0.1, 0.15) is 45.7 Å². The number of benzene rings is 2. The van der Waals surface area contributed by atoms with Gasteiger partial charge in [0.15, 0.2) is 0 Å². The molecular weight excluding hydrogens is 474 g/mol. The van der Waals surface area contributed by atoms with Crippen molar-refractivity contribution in [1.29, 1.82) is 0 Å². The molecule has 7 nitrogen and oxygen atoms in total. The number of hydrogen-bond donors (Lipinski definition) is 1. The first kappa shape index (κ1) is 27.7. The number of amides is 2. The Morgan fingerprint density at radius 3 is 2.29 bits per heavy atom. The highest BCUT2D eigenvalue weighted by molar-refractivity contribution is 7.92. The van der Waals surface area contributed by atoms with Crippen molar-refractivity contribution in [2.75, 3.05) is 17.1 Å². The molecule has 2 amide bonds. The van der Waals surface area contributed by atoms with E-state index in [2.05, 4.69) is 5.32 Å². The number of sulfonamides is 1. The minimum Gasteiger partial charge on any atom is -0.350 e. The molecule has 186 valence electrons. The van der Waals surface area contributed by atoms with E-state index in [9.17, 15) is 18.0 Å². The highest BCUT2D eigenvalue weighted by Crippen LogP contribution is 2.24. The van der Waals surface area contributed by atoms with Crippen LogP contribution >= 0.6 is 11.6 Å². The third-order valence-corrected chi connectivity index (χ3v) is 6.59. The van der Waals surface area contributed by atoms with Crippen LogP contribution in [0.25, 0.3) is 0 Å². The number of carbonyl (C=O) groups excluding carboxylic acids is 2. The lowest BCUT2D eigenvalue weighted by Crippen LogP contribution is -2.54. The summed E-state index contributed by atoms with van der Waals surface area (Å²) in [6, 6.07) is 13.3. The summed E-state index contributed by atoms with van der Waals surface area (Å²) < 4.78 is 26.5. The second-order valence-electron chi connectivity index (χ2n) is 9.32. The van der Waals surface area contributed by atoms with Gasteiger partial charge in [-0.05, 0) is 63.4 Å². The van der Waals surface area contributed by atoms with Gasteiger partial charge >= 0.3 is 0 Å². The zero-order valence-corrected chi connectivity index (χ0v) is 22.2. The Morgan fingerprint density at radius 2 is 1.74 bits per heavy atom. The first-order chi connectivity index (χ1) is 15.7. The number of carbonyl (C=O) groups is 2. The molecule has 0 aliphatic carbocycles. The molecule has 2 aromatic rings. The van der Waals surface area contributed by atoms with Crippen LogP contribution in [0.15, 0.2) is 48.5 Å². The summed E-state index contributed by atoms with van der Waals surface area (Å²) in [5.74, 6) is -0.824. The highest BCUT2D eigenvalue weighted by atomic mass is 35.5. The fourth-order valence-corrected chi connectivity index (χ4v) is 4.63. The van der Waals surface area contributed by atoms with E-state index in [0.717, 1.165) is 21.7 Å². The van der Waals surface area contributed by atoms with Crippen molar-refractivity contribution in [3.8, 4) is 0 Å². The van der Waals surface area contributed by atoms with E-state index in [1.165, 1.54) is 4.90 Å². The maximum absolute atomic E-state index is 13.6. The summed E-state index contributed by atoms with van der Waals surface area (Å²) >= 11 is 6.12. The third-order valence-electron chi connectivity index (χ3n) is 5.23. The zero-order valence-electron chi connectivity index (χ0n) is 20.6. The van der Waals surface area contributed by atoms with E-state index >= 15 is 0 Å². The Balaban J connectivity index is 2.44. The summed E-state index contributed by atoms with van der Waals surface area (Å²) in [4.78, 5) is 27.9. The Morgan fingerprint density at radius 1 is 1.09 bits per heavy atom. The van der Waals surface area contributed by atoms with E-state index in [1.54, 1.807) is 43.3 Å². The predicted molar refractivity (Wildman–Crippen MR) is 137 cm³/mol. The van der Waals surface area contributed by atoms with E-state index < -0.39 is 34.1 Å². The van der Waals surface area contributed by atoms with E-state index in [4.69, 9.17) is 11.6 Å². The first-order valence-corrected chi connectivity index (χ1v) is 13.4. The Labute approximate surface area is 208 Å².